The number of rotatable bonds is 3. The fourth-order valence-electron chi connectivity index (χ4n) is 3.02. The lowest BCUT2D eigenvalue weighted by Gasteiger charge is -2.34. The number of nitrogens with zero attached hydrogens (tertiary/aromatic N) is 5. The van der Waals surface area contributed by atoms with Gasteiger partial charge in [0.25, 0.3) is 5.91 Å². The van der Waals surface area contributed by atoms with Gasteiger partial charge in [0.15, 0.2) is 5.13 Å². The summed E-state index contributed by atoms with van der Waals surface area (Å²) in [5, 5.41) is 5.24. The van der Waals surface area contributed by atoms with E-state index in [9.17, 15) is 9.18 Å². The van der Waals surface area contributed by atoms with Crippen LogP contribution in [0.25, 0.3) is 10.2 Å². The number of aromatic nitrogens is 3. The minimum atomic E-state index is -0.246. The van der Waals surface area contributed by atoms with Crippen LogP contribution in [0.15, 0.2) is 30.5 Å². The van der Waals surface area contributed by atoms with Crippen molar-refractivity contribution < 1.29 is 9.18 Å². The van der Waals surface area contributed by atoms with Gasteiger partial charge in [0.1, 0.15) is 11.5 Å². The number of halogens is 1. The highest BCUT2D eigenvalue weighted by molar-refractivity contribution is 7.22. The predicted octanol–water partition coefficient (Wildman–Crippen LogP) is 3.18. The summed E-state index contributed by atoms with van der Waals surface area (Å²) < 4.78 is 16.0. The molecule has 0 aliphatic carbocycles. The number of fused-ring (bicyclic) bond motifs is 1. The minimum Gasteiger partial charge on any atom is -0.345 e. The number of piperazine rings is 1. The van der Waals surface area contributed by atoms with Crippen LogP contribution < -0.4 is 4.90 Å². The van der Waals surface area contributed by atoms with Gasteiger partial charge < -0.3 is 9.80 Å². The molecule has 3 aromatic rings. The average molecular weight is 373 g/mol. The number of amides is 1. The van der Waals surface area contributed by atoms with Crippen LogP contribution in [0.1, 0.15) is 30.4 Å². The zero-order chi connectivity index (χ0) is 18.3. The second-order valence-electron chi connectivity index (χ2n) is 6.66. The SMILES string of the molecule is CC(C)n1ccc(C(=O)N2CCN(c3nc4ccc(F)cc4s3)CC2)n1. The average Bonchev–Trinajstić information content (AvgIpc) is 3.28. The van der Waals surface area contributed by atoms with E-state index in [4.69, 9.17) is 0 Å². The van der Waals surface area contributed by atoms with Gasteiger partial charge in [0.05, 0.1) is 10.2 Å². The number of thiazole rings is 1. The van der Waals surface area contributed by atoms with Crippen LogP contribution in [0.2, 0.25) is 0 Å². The highest BCUT2D eigenvalue weighted by atomic mass is 32.1. The second-order valence-corrected chi connectivity index (χ2v) is 7.67. The minimum absolute atomic E-state index is 0.0320. The maximum atomic E-state index is 13.4. The molecule has 4 rings (SSSR count). The van der Waals surface area contributed by atoms with Gasteiger partial charge in [-0.1, -0.05) is 11.3 Å². The molecule has 1 aromatic carbocycles. The molecule has 6 nitrogen and oxygen atoms in total. The Hall–Kier alpha value is -2.48. The van der Waals surface area contributed by atoms with Crippen molar-refractivity contribution in [1.29, 1.82) is 0 Å². The fourth-order valence-corrected chi connectivity index (χ4v) is 4.07. The molecule has 1 aliphatic heterocycles. The quantitative estimate of drug-likeness (QED) is 0.708. The topological polar surface area (TPSA) is 54.3 Å². The molecule has 0 N–H and O–H groups in total. The number of hydrogen-bond acceptors (Lipinski definition) is 5. The standard InChI is InChI=1S/C18H20FN5OS/c1-12(2)24-6-5-15(21-24)17(25)22-7-9-23(10-8-22)18-20-14-4-3-13(19)11-16(14)26-18/h3-6,11-12H,7-10H2,1-2H3. The lowest BCUT2D eigenvalue weighted by molar-refractivity contribution is 0.0739. The van der Waals surface area contributed by atoms with Gasteiger partial charge in [-0.15, -0.1) is 0 Å². The molecule has 8 heteroatoms. The van der Waals surface area contributed by atoms with Crippen LogP contribution in [0.4, 0.5) is 9.52 Å². The molecule has 0 bridgehead atoms. The number of carbonyl (C=O) groups is 1. The molecule has 1 aliphatic rings. The Bertz CT molecular complexity index is 942. The molecular weight excluding hydrogens is 353 g/mol. The summed E-state index contributed by atoms with van der Waals surface area (Å²) in [6.45, 7) is 6.72. The van der Waals surface area contributed by atoms with Crippen LogP contribution >= 0.6 is 11.3 Å². The van der Waals surface area contributed by atoms with Gasteiger partial charge in [0, 0.05) is 38.4 Å². The Morgan fingerprint density at radius 1 is 1.19 bits per heavy atom. The van der Waals surface area contributed by atoms with E-state index in [-0.39, 0.29) is 17.8 Å². The smallest absolute Gasteiger partial charge is 0.274 e. The molecule has 1 amide bonds. The van der Waals surface area contributed by atoms with Crippen molar-refractivity contribution in [2.45, 2.75) is 19.9 Å². The third kappa shape index (κ3) is 3.16. The van der Waals surface area contributed by atoms with Gasteiger partial charge in [0.2, 0.25) is 0 Å². The first-order valence-corrected chi connectivity index (χ1v) is 9.48. The molecule has 0 atom stereocenters. The summed E-state index contributed by atoms with van der Waals surface area (Å²) in [6, 6.07) is 6.66. The molecule has 1 fully saturated rings. The first kappa shape index (κ1) is 17.0. The molecular formula is C18H20FN5OS. The summed E-state index contributed by atoms with van der Waals surface area (Å²) in [6.07, 6.45) is 1.84. The van der Waals surface area contributed by atoms with E-state index in [0.29, 0.717) is 31.9 Å². The van der Waals surface area contributed by atoms with Crippen LogP contribution in [-0.2, 0) is 0 Å². The maximum Gasteiger partial charge on any atom is 0.274 e. The zero-order valence-electron chi connectivity index (χ0n) is 14.7. The number of benzene rings is 1. The monoisotopic (exact) mass is 373 g/mol. The summed E-state index contributed by atoms with van der Waals surface area (Å²) >= 11 is 1.49. The summed E-state index contributed by atoms with van der Waals surface area (Å²) in [5.74, 6) is -0.278. The molecule has 0 spiro atoms. The molecule has 0 unspecified atom stereocenters. The molecule has 3 heterocycles. The normalized spacial score (nSPS) is 15.2. The van der Waals surface area contributed by atoms with Crippen LogP contribution in [0.5, 0.6) is 0 Å². The van der Waals surface area contributed by atoms with Crippen molar-refractivity contribution in [3.8, 4) is 0 Å². The summed E-state index contributed by atoms with van der Waals surface area (Å²) in [4.78, 5) is 21.2. The van der Waals surface area contributed by atoms with Crippen LogP contribution in [-0.4, -0.2) is 51.8 Å². The van der Waals surface area contributed by atoms with Crippen molar-refractivity contribution in [2.24, 2.45) is 0 Å². The van der Waals surface area contributed by atoms with Gasteiger partial charge in [-0.3, -0.25) is 9.48 Å². The van der Waals surface area contributed by atoms with E-state index in [2.05, 4.69) is 15.0 Å². The van der Waals surface area contributed by atoms with E-state index in [1.54, 1.807) is 16.8 Å². The van der Waals surface area contributed by atoms with Crippen molar-refractivity contribution in [2.75, 3.05) is 31.1 Å². The lowest BCUT2D eigenvalue weighted by Crippen LogP contribution is -2.48. The van der Waals surface area contributed by atoms with Crippen molar-refractivity contribution in [1.82, 2.24) is 19.7 Å². The molecule has 0 saturated carbocycles. The molecule has 2 aromatic heterocycles. The predicted molar refractivity (Wildman–Crippen MR) is 100 cm³/mol. The summed E-state index contributed by atoms with van der Waals surface area (Å²) in [7, 11) is 0. The fraction of sp³-hybridized carbons (Fsp3) is 0.389. The van der Waals surface area contributed by atoms with Crippen molar-refractivity contribution in [3.63, 3.8) is 0 Å². The largest absolute Gasteiger partial charge is 0.345 e. The molecule has 0 radical (unpaired) electrons. The first-order valence-electron chi connectivity index (χ1n) is 8.67. The zero-order valence-corrected chi connectivity index (χ0v) is 15.5. The van der Waals surface area contributed by atoms with E-state index < -0.39 is 0 Å². The first-order chi connectivity index (χ1) is 12.5. The van der Waals surface area contributed by atoms with Gasteiger partial charge in [-0.2, -0.15) is 5.10 Å². The number of anilines is 1. The Kier molecular flexibility index (Phi) is 4.36. The van der Waals surface area contributed by atoms with E-state index in [1.807, 2.05) is 24.9 Å². The van der Waals surface area contributed by atoms with E-state index >= 15 is 0 Å². The van der Waals surface area contributed by atoms with Gasteiger partial charge >= 0.3 is 0 Å². The second kappa shape index (κ2) is 6.68. The van der Waals surface area contributed by atoms with Crippen molar-refractivity contribution in [3.05, 3.63) is 42.0 Å². The van der Waals surface area contributed by atoms with Crippen LogP contribution in [0.3, 0.4) is 0 Å². The van der Waals surface area contributed by atoms with Crippen LogP contribution in [0, 0.1) is 5.82 Å². The van der Waals surface area contributed by atoms with Gasteiger partial charge in [-0.25, -0.2) is 9.37 Å². The Morgan fingerprint density at radius 2 is 1.96 bits per heavy atom. The highest BCUT2D eigenvalue weighted by Crippen LogP contribution is 2.30. The van der Waals surface area contributed by atoms with Gasteiger partial charge in [-0.05, 0) is 38.1 Å². The van der Waals surface area contributed by atoms with Crippen molar-refractivity contribution >= 4 is 32.6 Å². The third-order valence-electron chi connectivity index (χ3n) is 4.53. The molecule has 1 saturated heterocycles. The number of carbonyl (C=O) groups excluding carboxylic acids is 1. The van der Waals surface area contributed by atoms with E-state index in [1.165, 1.54) is 23.5 Å². The number of hydrogen-bond donors (Lipinski definition) is 0. The Morgan fingerprint density at radius 3 is 2.65 bits per heavy atom. The highest BCUT2D eigenvalue weighted by Gasteiger charge is 2.25. The molecule has 26 heavy (non-hydrogen) atoms. The third-order valence-corrected chi connectivity index (χ3v) is 5.61. The van der Waals surface area contributed by atoms with E-state index in [0.717, 1.165) is 15.3 Å². The lowest BCUT2D eigenvalue weighted by atomic mass is 10.3. The Labute approximate surface area is 154 Å². The maximum absolute atomic E-state index is 13.4. The summed E-state index contributed by atoms with van der Waals surface area (Å²) in [5.41, 5.74) is 1.30. The molecule has 136 valence electrons. The Balaban J connectivity index is 1.43.